The summed E-state index contributed by atoms with van der Waals surface area (Å²) < 4.78 is 0. The predicted molar refractivity (Wildman–Crippen MR) is 89.6 cm³/mol. The van der Waals surface area contributed by atoms with Gasteiger partial charge in [-0.25, -0.2) is 0 Å². The van der Waals surface area contributed by atoms with Crippen LogP contribution in [0.15, 0.2) is 24.3 Å². The molecular formula is C18H23N3O3. The van der Waals surface area contributed by atoms with E-state index in [0.29, 0.717) is 11.1 Å². The van der Waals surface area contributed by atoms with E-state index >= 15 is 0 Å². The summed E-state index contributed by atoms with van der Waals surface area (Å²) in [6.45, 7) is 5.45. The molecule has 6 heteroatoms. The normalized spacial score (nSPS) is 19.5. The van der Waals surface area contributed by atoms with Crippen LogP contribution in [0.5, 0.6) is 0 Å². The lowest BCUT2D eigenvalue weighted by Crippen LogP contribution is -2.55. The van der Waals surface area contributed by atoms with Crippen LogP contribution >= 0.6 is 0 Å². The molecule has 128 valence electrons. The van der Waals surface area contributed by atoms with Crippen molar-refractivity contribution in [3.63, 3.8) is 0 Å². The summed E-state index contributed by atoms with van der Waals surface area (Å²) in [6, 6.07) is 6.04. The van der Waals surface area contributed by atoms with Crippen LogP contribution in [0.4, 0.5) is 0 Å². The second-order valence-corrected chi connectivity index (χ2v) is 6.75. The number of benzene rings is 1. The van der Waals surface area contributed by atoms with Crippen molar-refractivity contribution in [2.75, 3.05) is 13.1 Å². The third-order valence-corrected chi connectivity index (χ3v) is 4.69. The van der Waals surface area contributed by atoms with E-state index in [-0.39, 0.29) is 29.7 Å². The third kappa shape index (κ3) is 2.94. The standard InChI is InChI=1S/C18H23N3O3/c1-11(2)15(16(22)20-12-7-9-19-10-8-12)21-17(23)13-5-3-4-6-14(13)18(21)24/h3-6,11-12,15,19H,7-10H2,1-2H3,(H,20,22). The Balaban J connectivity index is 1.82. The van der Waals surface area contributed by atoms with Crippen LogP contribution in [0.25, 0.3) is 0 Å². The predicted octanol–water partition coefficient (Wildman–Crippen LogP) is 1.18. The van der Waals surface area contributed by atoms with Crippen LogP contribution in [0, 0.1) is 5.92 Å². The molecule has 1 unspecified atom stereocenters. The maximum Gasteiger partial charge on any atom is 0.262 e. The van der Waals surface area contributed by atoms with Gasteiger partial charge in [-0.15, -0.1) is 0 Å². The highest BCUT2D eigenvalue weighted by atomic mass is 16.2. The van der Waals surface area contributed by atoms with Crippen molar-refractivity contribution >= 4 is 17.7 Å². The van der Waals surface area contributed by atoms with E-state index < -0.39 is 6.04 Å². The van der Waals surface area contributed by atoms with Crippen molar-refractivity contribution in [3.8, 4) is 0 Å². The monoisotopic (exact) mass is 329 g/mol. The number of nitrogens with one attached hydrogen (secondary N) is 2. The van der Waals surface area contributed by atoms with Gasteiger partial charge in [0.15, 0.2) is 0 Å². The highest BCUT2D eigenvalue weighted by molar-refractivity contribution is 6.22. The number of fused-ring (bicyclic) bond motifs is 1. The van der Waals surface area contributed by atoms with Crippen LogP contribution in [-0.2, 0) is 4.79 Å². The minimum absolute atomic E-state index is 0.0928. The maximum absolute atomic E-state index is 12.8. The Kier molecular flexibility index (Phi) is 4.66. The summed E-state index contributed by atoms with van der Waals surface area (Å²) in [5.74, 6) is -1.16. The summed E-state index contributed by atoms with van der Waals surface area (Å²) in [5, 5.41) is 6.27. The fraction of sp³-hybridized carbons (Fsp3) is 0.500. The zero-order valence-corrected chi connectivity index (χ0v) is 14.0. The lowest BCUT2D eigenvalue weighted by Gasteiger charge is -2.31. The molecule has 24 heavy (non-hydrogen) atoms. The van der Waals surface area contributed by atoms with Gasteiger partial charge in [0, 0.05) is 6.04 Å². The van der Waals surface area contributed by atoms with Gasteiger partial charge in [-0.2, -0.15) is 0 Å². The van der Waals surface area contributed by atoms with E-state index in [1.807, 2.05) is 13.8 Å². The van der Waals surface area contributed by atoms with E-state index in [2.05, 4.69) is 10.6 Å². The Hall–Kier alpha value is -2.21. The number of carbonyl (C=O) groups excluding carboxylic acids is 3. The van der Waals surface area contributed by atoms with E-state index in [9.17, 15) is 14.4 Å². The largest absolute Gasteiger partial charge is 0.351 e. The second-order valence-electron chi connectivity index (χ2n) is 6.75. The molecule has 3 rings (SSSR count). The van der Waals surface area contributed by atoms with Gasteiger partial charge >= 0.3 is 0 Å². The fourth-order valence-corrected chi connectivity index (χ4v) is 3.43. The van der Waals surface area contributed by atoms with Crippen LogP contribution < -0.4 is 10.6 Å². The summed E-state index contributed by atoms with van der Waals surface area (Å²) in [7, 11) is 0. The molecule has 2 heterocycles. The molecule has 2 N–H and O–H groups in total. The lowest BCUT2D eigenvalue weighted by atomic mass is 9.99. The molecule has 2 aliphatic heterocycles. The minimum Gasteiger partial charge on any atom is -0.351 e. The van der Waals surface area contributed by atoms with Gasteiger partial charge in [0.25, 0.3) is 11.8 Å². The fourth-order valence-electron chi connectivity index (χ4n) is 3.43. The molecule has 6 nitrogen and oxygen atoms in total. The average Bonchev–Trinajstić information content (AvgIpc) is 2.81. The van der Waals surface area contributed by atoms with Crippen LogP contribution in [0.3, 0.4) is 0 Å². The van der Waals surface area contributed by atoms with E-state index in [0.717, 1.165) is 30.8 Å². The molecule has 0 aliphatic carbocycles. The Morgan fingerprint density at radius 1 is 1.12 bits per heavy atom. The number of hydrogen-bond donors (Lipinski definition) is 2. The number of imide groups is 1. The van der Waals surface area contributed by atoms with Gasteiger partial charge in [-0.05, 0) is 44.0 Å². The molecule has 1 saturated heterocycles. The number of nitrogens with zero attached hydrogens (tertiary/aromatic N) is 1. The van der Waals surface area contributed by atoms with Crippen molar-refractivity contribution in [1.82, 2.24) is 15.5 Å². The first-order valence-electron chi connectivity index (χ1n) is 8.48. The van der Waals surface area contributed by atoms with Crippen molar-refractivity contribution in [3.05, 3.63) is 35.4 Å². The summed E-state index contributed by atoms with van der Waals surface area (Å²) in [6.07, 6.45) is 1.72. The molecule has 1 aromatic carbocycles. The summed E-state index contributed by atoms with van der Waals surface area (Å²) >= 11 is 0. The van der Waals surface area contributed by atoms with Gasteiger partial charge in [-0.3, -0.25) is 19.3 Å². The quantitative estimate of drug-likeness (QED) is 0.813. The highest BCUT2D eigenvalue weighted by Gasteiger charge is 2.44. The minimum atomic E-state index is -0.785. The first-order chi connectivity index (χ1) is 11.5. The molecule has 0 bridgehead atoms. The van der Waals surface area contributed by atoms with E-state index in [1.54, 1.807) is 24.3 Å². The molecule has 2 aliphatic rings. The van der Waals surface area contributed by atoms with Gasteiger partial charge < -0.3 is 10.6 Å². The van der Waals surface area contributed by atoms with E-state index in [4.69, 9.17) is 0 Å². The average molecular weight is 329 g/mol. The van der Waals surface area contributed by atoms with Gasteiger partial charge in [0.1, 0.15) is 6.04 Å². The van der Waals surface area contributed by atoms with Crippen LogP contribution in [0.1, 0.15) is 47.4 Å². The summed E-state index contributed by atoms with van der Waals surface area (Å²) in [5.41, 5.74) is 0.755. The van der Waals surface area contributed by atoms with Crippen molar-refractivity contribution in [1.29, 1.82) is 0 Å². The molecule has 3 amide bonds. The Bertz CT molecular complexity index is 630. The summed E-state index contributed by atoms with van der Waals surface area (Å²) in [4.78, 5) is 39.3. The number of piperidine rings is 1. The Morgan fingerprint density at radius 2 is 1.67 bits per heavy atom. The number of rotatable bonds is 4. The third-order valence-electron chi connectivity index (χ3n) is 4.69. The number of hydrogen-bond acceptors (Lipinski definition) is 4. The smallest absolute Gasteiger partial charge is 0.262 e. The zero-order chi connectivity index (χ0) is 17.3. The molecular weight excluding hydrogens is 306 g/mol. The second kappa shape index (κ2) is 6.73. The Labute approximate surface area is 141 Å². The maximum atomic E-state index is 12.8. The van der Waals surface area contributed by atoms with Crippen molar-refractivity contribution in [2.45, 2.75) is 38.8 Å². The SMILES string of the molecule is CC(C)C(C(=O)NC1CCNCC1)N1C(=O)c2ccccc2C1=O. The Morgan fingerprint density at radius 3 is 2.17 bits per heavy atom. The highest BCUT2D eigenvalue weighted by Crippen LogP contribution is 2.27. The van der Waals surface area contributed by atoms with E-state index in [1.165, 1.54) is 0 Å². The molecule has 1 atom stereocenters. The first kappa shape index (κ1) is 16.6. The number of amides is 3. The number of carbonyl (C=O) groups is 3. The van der Waals surface area contributed by atoms with Gasteiger partial charge in [0.2, 0.25) is 5.91 Å². The van der Waals surface area contributed by atoms with Crippen molar-refractivity contribution < 1.29 is 14.4 Å². The molecule has 0 radical (unpaired) electrons. The molecule has 0 spiro atoms. The topological polar surface area (TPSA) is 78.5 Å². The molecule has 0 saturated carbocycles. The van der Waals surface area contributed by atoms with Gasteiger partial charge in [0.05, 0.1) is 11.1 Å². The first-order valence-corrected chi connectivity index (χ1v) is 8.48. The molecule has 1 fully saturated rings. The van der Waals surface area contributed by atoms with Crippen LogP contribution in [0.2, 0.25) is 0 Å². The zero-order valence-electron chi connectivity index (χ0n) is 14.0. The molecule has 1 aromatic rings. The van der Waals surface area contributed by atoms with Crippen LogP contribution in [-0.4, -0.2) is 47.8 Å². The lowest BCUT2D eigenvalue weighted by molar-refractivity contribution is -0.127. The molecule has 0 aromatic heterocycles. The van der Waals surface area contributed by atoms with Crippen molar-refractivity contribution in [2.24, 2.45) is 5.92 Å². The van der Waals surface area contributed by atoms with Gasteiger partial charge in [-0.1, -0.05) is 26.0 Å².